The zero-order valence-electron chi connectivity index (χ0n) is 8.50. The van der Waals surface area contributed by atoms with Crippen molar-refractivity contribution in [1.82, 2.24) is 9.72 Å². The summed E-state index contributed by atoms with van der Waals surface area (Å²) in [5.41, 5.74) is 0.869. The van der Waals surface area contributed by atoms with E-state index in [1.165, 1.54) is 4.57 Å². The van der Waals surface area contributed by atoms with Crippen LogP contribution in [0.4, 0.5) is 0 Å². The molecule has 0 radical (unpaired) electrons. The monoisotopic (exact) mass is 218 g/mol. The van der Waals surface area contributed by atoms with E-state index in [0.717, 1.165) is 5.56 Å². The smallest absolute Gasteiger partial charge is 0.371 e. The van der Waals surface area contributed by atoms with Crippen molar-refractivity contribution < 1.29 is 9.26 Å². The summed E-state index contributed by atoms with van der Waals surface area (Å²) in [6, 6.07) is 9.48. The molecule has 0 amide bonds. The molecule has 5 nitrogen and oxygen atoms in total. The van der Waals surface area contributed by atoms with Crippen LogP contribution in [-0.4, -0.2) is 22.4 Å². The Labute approximate surface area is 91.2 Å². The van der Waals surface area contributed by atoms with Crippen molar-refractivity contribution in [3.05, 3.63) is 40.9 Å². The van der Waals surface area contributed by atoms with Crippen LogP contribution in [0.25, 0.3) is 11.4 Å². The summed E-state index contributed by atoms with van der Waals surface area (Å²) in [4.78, 5) is 11.5. The molecule has 2 heterocycles. The highest BCUT2D eigenvalue weighted by Crippen LogP contribution is 2.18. The first kappa shape index (κ1) is 9.35. The van der Waals surface area contributed by atoms with E-state index in [2.05, 4.69) is 9.68 Å². The molecule has 82 valence electrons. The molecule has 0 saturated carbocycles. The number of nitrogens with zero attached hydrogens (tertiary/aromatic N) is 2. The third-order valence-corrected chi connectivity index (χ3v) is 2.51. The molecule has 1 aliphatic heterocycles. The topological polar surface area (TPSA) is 60.6 Å². The van der Waals surface area contributed by atoms with Crippen molar-refractivity contribution in [2.24, 2.45) is 0 Å². The van der Waals surface area contributed by atoms with Gasteiger partial charge in [-0.05, 0) is 0 Å². The molecule has 1 aliphatic rings. The van der Waals surface area contributed by atoms with E-state index in [1.54, 1.807) is 0 Å². The molecule has 1 aromatic carbocycles. The summed E-state index contributed by atoms with van der Waals surface area (Å²) in [5.74, 6) is 0.121. The van der Waals surface area contributed by atoms with Crippen LogP contribution in [0.5, 0.6) is 0 Å². The molecule has 16 heavy (non-hydrogen) atoms. The van der Waals surface area contributed by atoms with Gasteiger partial charge in [-0.3, -0.25) is 9.09 Å². The number of benzene rings is 1. The van der Waals surface area contributed by atoms with Crippen molar-refractivity contribution in [2.45, 2.75) is 12.6 Å². The molecule has 2 aromatic rings. The number of hydrogen-bond donors (Lipinski definition) is 0. The van der Waals surface area contributed by atoms with Crippen LogP contribution in [-0.2, 0) is 11.3 Å². The van der Waals surface area contributed by atoms with E-state index in [4.69, 9.17) is 4.74 Å². The largest absolute Gasteiger partial charge is 0.441 e. The normalized spacial score (nSPS) is 18.6. The molecule has 0 spiro atoms. The van der Waals surface area contributed by atoms with Crippen LogP contribution in [0.1, 0.15) is 0 Å². The number of epoxide rings is 1. The average molecular weight is 218 g/mol. The van der Waals surface area contributed by atoms with Crippen LogP contribution < -0.4 is 5.76 Å². The Bertz CT molecular complexity index is 540. The van der Waals surface area contributed by atoms with Gasteiger partial charge >= 0.3 is 5.76 Å². The fraction of sp³-hybridized carbons (Fsp3) is 0.273. The Balaban J connectivity index is 2.03. The maximum atomic E-state index is 11.5. The minimum Gasteiger partial charge on any atom is -0.371 e. The van der Waals surface area contributed by atoms with Gasteiger partial charge in [0.15, 0.2) is 5.82 Å². The number of rotatable bonds is 3. The fourth-order valence-corrected chi connectivity index (χ4v) is 1.60. The second kappa shape index (κ2) is 3.61. The van der Waals surface area contributed by atoms with E-state index < -0.39 is 5.76 Å². The lowest BCUT2D eigenvalue weighted by Gasteiger charge is -2.01. The van der Waals surface area contributed by atoms with E-state index in [0.29, 0.717) is 19.0 Å². The predicted octanol–water partition coefficient (Wildman–Crippen LogP) is 0.902. The van der Waals surface area contributed by atoms with Crippen molar-refractivity contribution in [3.8, 4) is 11.4 Å². The second-order valence-electron chi connectivity index (χ2n) is 3.70. The highest BCUT2D eigenvalue weighted by Gasteiger charge is 2.26. The van der Waals surface area contributed by atoms with E-state index in [1.807, 2.05) is 30.3 Å². The SMILES string of the molecule is O=c1onc(-c2ccccc2)n1C[C@@H]1CO1. The molecule has 1 atom stereocenters. The van der Waals surface area contributed by atoms with Crippen LogP contribution in [0.2, 0.25) is 0 Å². The van der Waals surface area contributed by atoms with E-state index in [-0.39, 0.29) is 6.10 Å². The van der Waals surface area contributed by atoms with Crippen molar-refractivity contribution in [2.75, 3.05) is 6.61 Å². The fourth-order valence-electron chi connectivity index (χ4n) is 1.60. The molecule has 0 N–H and O–H groups in total. The minimum atomic E-state index is -0.436. The van der Waals surface area contributed by atoms with Crippen molar-refractivity contribution >= 4 is 0 Å². The van der Waals surface area contributed by atoms with Crippen molar-refractivity contribution in [3.63, 3.8) is 0 Å². The quantitative estimate of drug-likeness (QED) is 0.718. The molecular formula is C11H10N2O3. The maximum absolute atomic E-state index is 11.5. The third-order valence-electron chi connectivity index (χ3n) is 2.51. The van der Waals surface area contributed by atoms with Gasteiger partial charge in [-0.15, -0.1) is 0 Å². The molecule has 0 bridgehead atoms. The van der Waals surface area contributed by atoms with Crippen molar-refractivity contribution in [1.29, 1.82) is 0 Å². The number of hydrogen-bond acceptors (Lipinski definition) is 4. The number of aromatic nitrogens is 2. The molecule has 3 rings (SSSR count). The Kier molecular flexibility index (Phi) is 2.11. The summed E-state index contributed by atoms with van der Waals surface area (Å²) >= 11 is 0. The standard InChI is InChI=1S/C11H10N2O3/c14-11-13(6-9-7-15-9)10(12-16-11)8-4-2-1-3-5-8/h1-5,9H,6-7H2/t9-/m1/s1. The lowest BCUT2D eigenvalue weighted by Crippen LogP contribution is -2.18. The van der Waals surface area contributed by atoms with Gasteiger partial charge in [0.1, 0.15) is 0 Å². The summed E-state index contributed by atoms with van der Waals surface area (Å²) in [5, 5.41) is 3.79. The third kappa shape index (κ3) is 1.65. The predicted molar refractivity (Wildman–Crippen MR) is 55.9 cm³/mol. The zero-order valence-corrected chi connectivity index (χ0v) is 8.50. The van der Waals surface area contributed by atoms with Gasteiger partial charge in [-0.1, -0.05) is 35.5 Å². The Morgan fingerprint density at radius 3 is 2.81 bits per heavy atom. The van der Waals surface area contributed by atoms with Crippen LogP contribution in [0, 0.1) is 0 Å². The second-order valence-corrected chi connectivity index (χ2v) is 3.70. The molecule has 5 heteroatoms. The van der Waals surface area contributed by atoms with Crippen LogP contribution in [0.15, 0.2) is 39.6 Å². The summed E-state index contributed by atoms with van der Waals surface area (Å²) in [6.45, 7) is 1.21. The zero-order chi connectivity index (χ0) is 11.0. The lowest BCUT2D eigenvalue weighted by atomic mass is 10.2. The van der Waals surface area contributed by atoms with Gasteiger partial charge in [0.25, 0.3) is 0 Å². The Morgan fingerprint density at radius 2 is 2.12 bits per heavy atom. The Morgan fingerprint density at radius 1 is 1.38 bits per heavy atom. The van der Waals surface area contributed by atoms with Gasteiger partial charge in [-0.2, -0.15) is 0 Å². The van der Waals surface area contributed by atoms with Gasteiger partial charge in [-0.25, -0.2) is 4.79 Å². The minimum absolute atomic E-state index is 0.125. The highest BCUT2D eigenvalue weighted by atomic mass is 16.6. The highest BCUT2D eigenvalue weighted by molar-refractivity contribution is 5.54. The lowest BCUT2D eigenvalue weighted by molar-refractivity contribution is 0.353. The first-order valence-corrected chi connectivity index (χ1v) is 5.08. The van der Waals surface area contributed by atoms with Crippen LogP contribution >= 0.6 is 0 Å². The average Bonchev–Trinajstić information content (AvgIpc) is 3.06. The molecule has 0 aliphatic carbocycles. The van der Waals surface area contributed by atoms with Gasteiger partial charge in [0.05, 0.1) is 19.3 Å². The maximum Gasteiger partial charge on any atom is 0.441 e. The molecular weight excluding hydrogens is 208 g/mol. The van der Waals surface area contributed by atoms with Gasteiger partial charge in [0.2, 0.25) is 0 Å². The summed E-state index contributed by atoms with van der Waals surface area (Å²) in [7, 11) is 0. The number of ether oxygens (including phenoxy) is 1. The molecule has 1 aromatic heterocycles. The summed E-state index contributed by atoms with van der Waals surface area (Å²) in [6.07, 6.45) is 0.125. The van der Waals surface area contributed by atoms with Crippen LogP contribution in [0.3, 0.4) is 0 Å². The van der Waals surface area contributed by atoms with Gasteiger partial charge in [0, 0.05) is 5.56 Å². The molecule has 0 unspecified atom stereocenters. The molecule has 1 saturated heterocycles. The first-order chi connectivity index (χ1) is 7.84. The summed E-state index contributed by atoms with van der Waals surface area (Å²) < 4.78 is 11.3. The van der Waals surface area contributed by atoms with E-state index >= 15 is 0 Å². The van der Waals surface area contributed by atoms with Gasteiger partial charge < -0.3 is 4.74 Å². The first-order valence-electron chi connectivity index (χ1n) is 5.08. The molecule has 1 fully saturated rings. The van der Waals surface area contributed by atoms with E-state index in [9.17, 15) is 4.79 Å². The Hall–Kier alpha value is -1.88.